The van der Waals surface area contributed by atoms with Gasteiger partial charge in [-0.3, -0.25) is 4.98 Å². The lowest BCUT2D eigenvalue weighted by Crippen LogP contribution is -1.95. The van der Waals surface area contributed by atoms with E-state index in [-0.39, 0.29) is 0 Å². The lowest BCUT2D eigenvalue weighted by molar-refractivity contribution is 1.03. The fraction of sp³-hybridized carbons (Fsp3) is 0.0714. The van der Waals surface area contributed by atoms with E-state index in [4.69, 9.17) is 0 Å². The van der Waals surface area contributed by atoms with Crippen LogP contribution in [-0.2, 0) is 0 Å². The SMILES string of the molecule is C1=CC(c2ccccc2)c2cccnc21. The molecule has 0 spiro atoms. The maximum absolute atomic E-state index is 4.35. The van der Waals surface area contributed by atoms with E-state index in [1.54, 1.807) is 0 Å². The van der Waals surface area contributed by atoms with Crippen molar-refractivity contribution in [3.63, 3.8) is 0 Å². The summed E-state index contributed by atoms with van der Waals surface area (Å²) >= 11 is 0. The molecule has 0 bridgehead atoms. The molecule has 0 saturated heterocycles. The van der Waals surface area contributed by atoms with Crippen molar-refractivity contribution in [1.29, 1.82) is 0 Å². The molecule has 1 aliphatic rings. The summed E-state index contributed by atoms with van der Waals surface area (Å²) in [5.74, 6) is 0.384. The predicted molar refractivity (Wildman–Crippen MR) is 61.6 cm³/mol. The van der Waals surface area contributed by atoms with Crippen molar-refractivity contribution in [2.24, 2.45) is 0 Å². The Kier molecular flexibility index (Phi) is 1.88. The highest BCUT2D eigenvalue weighted by atomic mass is 14.7. The molecule has 2 aromatic rings. The average molecular weight is 193 g/mol. The summed E-state index contributed by atoms with van der Waals surface area (Å²) in [5, 5.41) is 0. The number of benzene rings is 1. The van der Waals surface area contributed by atoms with Crippen LogP contribution in [0, 0.1) is 0 Å². The molecule has 15 heavy (non-hydrogen) atoms. The fourth-order valence-electron chi connectivity index (χ4n) is 2.07. The van der Waals surface area contributed by atoms with Gasteiger partial charge in [0.15, 0.2) is 0 Å². The van der Waals surface area contributed by atoms with Crippen LogP contribution in [0.2, 0.25) is 0 Å². The van der Waals surface area contributed by atoms with Gasteiger partial charge in [-0.1, -0.05) is 42.5 Å². The highest BCUT2D eigenvalue weighted by Gasteiger charge is 2.18. The molecule has 0 amide bonds. The third-order valence-electron chi connectivity index (χ3n) is 2.81. The van der Waals surface area contributed by atoms with E-state index in [1.165, 1.54) is 11.1 Å². The summed E-state index contributed by atoms with van der Waals surface area (Å²) in [6.07, 6.45) is 6.16. The number of allylic oxidation sites excluding steroid dienone is 1. The van der Waals surface area contributed by atoms with Crippen molar-refractivity contribution in [2.45, 2.75) is 5.92 Å². The van der Waals surface area contributed by atoms with Gasteiger partial charge in [-0.05, 0) is 23.3 Å². The second-order valence-corrected chi connectivity index (χ2v) is 3.73. The number of hydrogen-bond donors (Lipinski definition) is 0. The zero-order valence-electron chi connectivity index (χ0n) is 8.30. The highest BCUT2D eigenvalue weighted by Crippen LogP contribution is 2.33. The molecule has 0 aliphatic heterocycles. The van der Waals surface area contributed by atoms with Gasteiger partial charge in [0.25, 0.3) is 0 Å². The minimum atomic E-state index is 0.384. The molecular formula is C14H11N. The molecule has 1 aliphatic carbocycles. The normalized spacial score (nSPS) is 17.7. The van der Waals surface area contributed by atoms with E-state index in [0.29, 0.717) is 5.92 Å². The number of rotatable bonds is 1. The van der Waals surface area contributed by atoms with E-state index in [2.05, 4.69) is 47.5 Å². The number of nitrogens with zero attached hydrogens (tertiary/aromatic N) is 1. The lowest BCUT2D eigenvalue weighted by atomic mass is 9.95. The van der Waals surface area contributed by atoms with Crippen LogP contribution >= 0.6 is 0 Å². The Labute approximate surface area is 89.1 Å². The molecule has 1 heterocycles. The quantitative estimate of drug-likeness (QED) is 0.677. The number of fused-ring (bicyclic) bond motifs is 1. The van der Waals surface area contributed by atoms with E-state index >= 15 is 0 Å². The minimum Gasteiger partial charge on any atom is -0.257 e. The predicted octanol–water partition coefficient (Wildman–Crippen LogP) is 3.24. The Bertz CT molecular complexity index is 500. The molecule has 0 N–H and O–H groups in total. The first-order valence-electron chi connectivity index (χ1n) is 5.13. The zero-order valence-corrected chi connectivity index (χ0v) is 8.30. The van der Waals surface area contributed by atoms with Gasteiger partial charge in [0, 0.05) is 12.1 Å². The second-order valence-electron chi connectivity index (χ2n) is 3.73. The van der Waals surface area contributed by atoms with Crippen LogP contribution in [0.5, 0.6) is 0 Å². The van der Waals surface area contributed by atoms with Crippen LogP contribution in [0.4, 0.5) is 0 Å². The van der Waals surface area contributed by atoms with Gasteiger partial charge < -0.3 is 0 Å². The smallest absolute Gasteiger partial charge is 0.0668 e. The van der Waals surface area contributed by atoms with Crippen LogP contribution in [0.1, 0.15) is 22.7 Å². The zero-order chi connectivity index (χ0) is 10.1. The topological polar surface area (TPSA) is 12.9 Å². The monoisotopic (exact) mass is 193 g/mol. The molecule has 1 aromatic heterocycles. The molecule has 0 fully saturated rings. The van der Waals surface area contributed by atoms with Gasteiger partial charge in [-0.25, -0.2) is 0 Å². The standard InChI is InChI=1S/C14H11N/c1-2-5-11(6-3-1)12-8-9-14-13(12)7-4-10-15-14/h1-10,12H. The summed E-state index contributed by atoms with van der Waals surface area (Å²) < 4.78 is 0. The third kappa shape index (κ3) is 1.37. The Balaban J connectivity index is 2.09. The van der Waals surface area contributed by atoms with Crippen molar-refractivity contribution >= 4 is 6.08 Å². The lowest BCUT2D eigenvalue weighted by Gasteiger charge is -2.10. The van der Waals surface area contributed by atoms with E-state index in [0.717, 1.165) is 5.69 Å². The van der Waals surface area contributed by atoms with Gasteiger partial charge in [-0.2, -0.15) is 0 Å². The molecule has 72 valence electrons. The number of aromatic nitrogens is 1. The van der Waals surface area contributed by atoms with E-state index < -0.39 is 0 Å². The second kappa shape index (κ2) is 3.35. The Morgan fingerprint density at radius 1 is 0.933 bits per heavy atom. The molecule has 1 unspecified atom stereocenters. The van der Waals surface area contributed by atoms with Crippen LogP contribution in [0.3, 0.4) is 0 Å². The molecule has 0 radical (unpaired) electrons. The van der Waals surface area contributed by atoms with Gasteiger partial charge in [-0.15, -0.1) is 0 Å². The van der Waals surface area contributed by atoms with Crippen molar-refractivity contribution in [1.82, 2.24) is 4.98 Å². The van der Waals surface area contributed by atoms with Crippen LogP contribution in [0.15, 0.2) is 54.7 Å². The Morgan fingerprint density at radius 3 is 2.67 bits per heavy atom. The Hall–Kier alpha value is -1.89. The van der Waals surface area contributed by atoms with Gasteiger partial charge in [0.2, 0.25) is 0 Å². The average Bonchev–Trinajstić information content (AvgIpc) is 2.74. The fourth-order valence-corrected chi connectivity index (χ4v) is 2.07. The highest BCUT2D eigenvalue weighted by molar-refractivity contribution is 5.61. The minimum absolute atomic E-state index is 0.384. The van der Waals surface area contributed by atoms with Crippen LogP contribution in [0.25, 0.3) is 6.08 Å². The molecule has 1 aromatic carbocycles. The molecule has 1 nitrogen and oxygen atoms in total. The van der Waals surface area contributed by atoms with E-state index in [1.807, 2.05) is 18.3 Å². The number of pyridine rings is 1. The molecular weight excluding hydrogens is 182 g/mol. The molecule has 1 atom stereocenters. The summed E-state index contributed by atoms with van der Waals surface area (Å²) in [6.45, 7) is 0. The third-order valence-corrected chi connectivity index (χ3v) is 2.81. The van der Waals surface area contributed by atoms with Gasteiger partial charge >= 0.3 is 0 Å². The van der Waals surface area contributed by atoms with E-state index in [9.17, 15) is 0 Å². The maximum Gasteiger partial charge on any atom is 0.0668 e. The van der Waals surface area contributed by atoms with Gasteiger partial charge in [0.1, 0.15) is 0 Å². The van der Waals surface area contributed by atoms with Crippen LogP contribution in [-0.4, -0.2) is 4.98 Å². The van der Waals surface area contributed by atoms with Crippen LogP contribution < -0.4 is 0 Å². The first-order valence-corrected chi connectivity index (χ1v) is 5.13. The number of hydrogen-bond acceptors (Lipinski definition) is 1. The first-order chi connectivity index (χ1) is 7.45. The van der Waals surface area contributed by atoms with Crippen molar-refractivity contribution in [2.75, 3.05) is 0 Å². The molecule has 1 heteroatoms. The first kappa shape index (κ1) is 8.42. The molecule has 3 rings (SSSR count). The largest absolute Gasteiger partial charge is 0.257 e. The summed E-state index contributed by atoms with van der Waals surface area (Å²) in [6, 6.07) is 14.7. The summed E-state index contributed by atoms with van der Waals surface area (Å²) in [4.78, 5) is 4.35. The maximum atomic E-state index is 4.35. The Morgan fingerprint density at radius 2 is 1.80 bits per heavy atom. The summed E-state index contributed by atoms with van der Waals surface area (Å²) in [5.41, 5.74) is 3.75. The van der Waals surface area contributed by atoms with Crippen molar-refractivity contribution < 1.29 is 0 Å². The summed E-state index contributed by atoms with van der Waals surface area (Å²) in [7, 11) is 0. The van der Waals surface area contributed by atoms with Crippen molar-refractivity contribution in [3.8, 4) is 0 Å². The van der Waals surface area contributed by atoms with Gasteiger partial charge in [0.05, 0.1) is 5.69 Å². The van der Waals surface area contributed by atoms with Crippen molar-refractivity contribution in [3.05, 3.63) is 71.6 Å². The molecule has 0 saturated carbocycles.